The van der Waals surface area contributed by atoms with Crippen molar-refractivity contribution in [3.63, 3.8) is 0 Å². The van der Waals surface area contributed by atoms with E-state index >= 15 is 0 Å². The zero-order valence-electron chi connectivity index (χ0n) is 40.9. The molecule has 13 nitrogen and oxygen atoms in total. The highest BCUT2D eigenvalue weighted by atomic mass is 35.5. The zero-order valence-corrected chi connectivity index (χ0v) is 48.4. The van der Waals surface area contributed by atoms with Gasteiger partial charge in [-0.2, -0.15) is 17.6 Å². The Labute approximate surface area is 486 Å². The molecule has 5 N–H and O–H groups in total. The van der Waals surface area contributed by atoms with Crippen LogP contribution in [0.2, 0.25) is 25.1 Å². The summed E-state index contributed by atoms with van der Waals surface area (Å²) in [5, 5.41) is 40.4. The van der Waals surface area contributed by atoms with Crippen molar-refractivity contribution in [2.24, 2.45) is 5.92 Å². The minimum Gasteiger partial charge on any atom is -0.481 e. The second-order valence-electron chi connectivity index (χ2n) is 16.0. The van der Waals surface area contributed by atoms with Gasteiger partial charge in [-0.1, -0.05) is 239 Å². The maximum absolute atomic E-state index is 12.4. The summed E-state index contributed by atoms with van der Waals surface area (Å²) in [7, 11) is 0. The fraction of sp³-hybridized carbons (Fsp3) is 0.521. The van der Waals surface area contributed by atoms with Crippen LogP contribution in [0.4, 0.5) is 22.0 Å². The molecule has 0 saturated heterocycles. The number of nitrogens with zero attached hydrogens (tertiary/aromatic N) is 1. The number of hydrogen-bond donors (Lipinski definition) is 5. The molecule has 0 bridgehead atoms. The lowest BCUT2D eigenvalue weighted by atomic mass is 9.86. The maximum atomic E-state index is 12.4. The number of carbonyl (C=O) groups is 5. The normalized spacial score (nSPS) is 12.2. The van der Waals surface area contributed by atoms with E-state index in [1.54, 1.807) is 0 Å². The van der Waals surface area contributed by atoms with E-state index in [9.17, 15) is 56.0 Å². The highest BCUT2D eigenvalue weighted by Crippen LogP contribution is 2.50. The van der Waals surface area contributed by atoms with Crippen molar-refractivity contribution in [1.29, 1.82) is 0 Å². The monoisotopic (exact) mass is 1280 g/mol. The molecule has 428 valence electrons. The molecule has 3 atom stereocenters. The Kier molecular flexibility index (Phi) is 40.3. The van der Waals surface area contributed by atoms with Crippen molar-refractivity contribution in [2.45, 2.75) is 152 Å². The molecule has 28 heteroatoms. The predicted molar refractivity (Wildman–Crippen MR) is 289 cm³/mol. The van der Waals surface area contributed by atoms with Gasteiger partial charge in [-0.05, 0) is 53.8 Å². The number of hydrogen-bond acceptors (Lipinski definition) is 7. The first kappa shape index (κ1) is 76.8. The molecule has 2 rings (SSSR count). The smallest absolute Gasteiger partial charge is 0.397 e. The molecule has 76 heavy (non-hydrogen) atoms. The fourth-order valence-corrected chi connectivity index (χ4v) is 7.69. The minimum absolute atomic E-state index is 0.0617. The molecule has 2 aromatic carbocycles. The predicted octanol–water partition coefficient (Wildman–Crippen LogP) is 17.5. The lowest BCUT2D eigenvalue weighted by Crippen LogP contribution is -2.54. The second-order valence-corrected chi connectivity index (χ2v) is 20.2. The molecule has 0 aliphatic rings. The van der Waals surface area contributed by atoms with Crippen LogP contribution in [-0.4, -0.2) is 82.8 Å². The van der Waals surface area contributed by atoms with E-state index in [1.165, 1.54) is 83.5 Å². The topological polar surface area (TPSA) is 230 Å². The highest BCUT2D eigenvalue weighted by Gasteiger charge is 2.73. The number of benzene rings is 2. The number of alkyl halides is 7. The van der Waals surface area contributed by atoms with Gasteiger partial charge in [-0.15, -0.1) is 0 Å². The van der Waals surface area contributed by atoms with Gasteiger partial charge in [0, 0.05) is 17.3 Å². The van der Waals surface area contributed by atoms with Gasteiger partial charge in [0.05, 0.1) is 36.6 Å². The van der Waals surface area contributed by atoms with Crippen molar-refractivity contribution in [3.05, 3.63) is 85.7 Å². The quantitative estimate of drug-likeness (QED) is 0.00966. The average Bonchev–Trinajstić information content (AvgIpc) is 3.30. The molecule has 2 aromatic rings. The third-order valence-electron chi connectivity index (χ3n) is 9.74. The van der Waals surface area contributed by atoms with Crippen LogP contribution in [-0.2, 0) is 19.2 Å². The summed E-state index contributed by atoms with van der Waals surface area (Å²) in [4.78, 5) is 60.8. The molecular formula is C48H54Cl10F5NO12. The lowest BCUT2D eigenvalue weighted by molar-refractivity contribution is -0.498. The number of nitro groups is 1. The summed E-state index contributed by atoms with van der Waals surface area (Å²) < 4.78 is 59.8. The third-order valence-corrected chi connectivity index (χ3v) is 13.8. The van der Waals surface area contributed by atoms with E-state index in [1.807, 2.05) is 51.0 Å². The Balaban J connectivity index is -0.000000897. The summed E-state index contributed by atoms with van der Waals surface area (Å²) in [6, 6.07) is 5.57. The van der Waals surface area contributed by atoms with Gasteiger partial charge in [0.25, 0.3) is 0 Å². The first-order valence-electron chi connectivity index (χ1n) is 22.4. The van der Waals surface area contributed by atoms with Crippen molar-refractivity contribution in [1.82, 2.24) is 0 Å². The number of carboxylic acid groups (broad SMARTS) is 5. The Hall–Kier alpha value is -3.40. The largest absolute Gasteiger partial charge is 0.481 e. The Morgan fingerprint density at radius 2 is 1.07 bits per heavy atom. The molecule has 0 aliphatic carbocycles. The average molecular weight is 1290 g/mol. The molecule has 0 amide bonds. The van der Waals surface area contributed by atoms with Crippen molar-refractivity contribution in [3.8, 4) is 23.7 Å². The van der Waals surface area contributed by atoms with Gasteiger partial charge >= 0.3 is 52.3 Å². The van der Waals surface area contributed by atoms with E-state index in [2.05, 4.69) is 47.9 Å². The van der Waals surface area contributed by atoms with E-state index in [0.717, 1.165) is 24.0 Å². The van der Waals surface area contributed by atoms with Crippen LogP contribution < -0.4 is 0 Å². The molecule has 3 unspecified atom stereocenters. The second kappa shape index (κ2) is 39.9. The molecule has 0 spiro atoms. The number of carboxylic acids is 5. The van der Waals surface area contributed by atoms with Gasteiger partial charge in [0.2, 0.25) is 0 Å². The first-order chi connectivity index (χ1) is 35.0. The molecule has 0 aliphatic heterocycles. The van der Waals surface area contributed by atoms with Crippen LogP contribution in [0.25, 0.3) is 0 Å². The van der Waals surface area contributed by atoms with Crippen LogP contribution >= 0.6 is 116 Å². The van der Waals surface area contributed by atoms with Crippen LogP contribution in [0.5, 0.6) is 0 Å². The van der Waals surface area contributed by atoms with Crippen LogP contribution in [0, 0.1) is 46.6 Å². The molecular weight excluding hydrogens is 1230 g/mol. The lowest BCUT2D eigenvalue weighted by Gasteiger charge is -2.27. The summed E-state index contributed by atoms with van der Waals surface area (Å²) in [5.41, 5.74) is 1.62. The van der Waals surface area contributed by atoms with Crippen LogP contribution in [0.1, 0.15) is 144 Å². The molecule has 0 radical (unpaired) electrons. The van der Waals surface area contributed by atoms with Crippen LogP contribution in [0.3, 0.4) is 0 Å². The maximum Gasteiger partial charge on any atom is 0.397 e. The molecule has 0 aromatic heterocycles. The number of unbranched alkanes of at least 4 members (excludes halogenated alkanes) is 14. The number of aliphatic carboxylic acids is 4. The fourth-order valence-electron chi connectivity index (χ4n) is 5.81. The van der Waals surface area contributed by atoms with Crippen molar-refractivity contribution in [2.75, 3.05) is 0 Å². The molecule has 0 fully saturated rings. The standard InChI is InChI=1S/C21H34O2.C12H16O2.C7HCl5O2.C4H2Cl3NO4.C4HCl2F5O2/c1-2-3-4-5-6-7-8-9-10-11-12-13-14-15-16-17-18-19-20-21(22)23;1-8(2)11(12(13)14)10-7-5-4-6-9(10)3;8-2-1(7(13)14)3(9)5(11)6(12)4(2)10;5-1(3(6)7)2(4(9)10)8(11)12;5-3(9,4(6,10)11)2(7,8)1(12)13/h2-16H2,1H3,(H,22,23);4-8,11H,1-3H3,(H,13,14);(H,13,14);2H,(H,9,10);(H,12,13). The van der Waals surface area contributed by atoms with Gasteiger partial charge in [-0.25, -0.2) is 23.6 Å². The number of aryl methyl sites for hydroxylation is 1. The molecule has 0 heterocycles. The highest BCUT2D eigenvalue weighted by molar-refractivity contribution is 6.59. The number of halogens is 15. The van der Waals surface area contributed by atoms with Crippen molar-refractivity contribution < 1.29 is 76.4 Å². The summed E-state index contributed by atoms with van der Waals surface area (Å²) in [6.07, 6.45) is 19.8. The van der Waals surface area contributed by atoms with E-state index < -0.39 is 72.7 Å². The van der Waals surface area contributed by atoms with Crippen LogP contribution in [0.15, 0.2) is 33.8 Å². The molecule has 0 saturated carbocycles. The SMILES string of the molecule is CCCCCCCCCCCCCCCCC#CC#CC(=O)O.Cc1ccccc1C(C(=O)O)C(C)C.O=C(O)C(C(Cl)=C(Cl)Cl)[N+](=O)[O-].O=C(O)C(F)(F)C(F)(Cl)C(F)(F)Cl.O=C(O)c1c(Cl)c(Cl)c(Cl)c(Cl)c1Cl. The Morgan fingerprint density at radius 1 is 0.658 bits per heavy atom. The zero-order chi connectivity index (χ0) is 59.7. The van der Waals surface area contributed by atoms with Gasteiger partial charge < -0.3 is 25.5 Å². The first-order valence-corrected chi connectivity index (χ1v) is 26.2. The number of rotatable bonds is 24. The summed E-state index contributed by atoms with van der Waals surface area (Å²) in [6.45, 7) is 8.09. The van der Waals surface area contributed by atoms with E-state index in [0.29, 0.717) is 0 Å². The van der Waals surface area contributed by atoms with Gasteiger partial charge in [0.15, 0.2) is 0 Å². The Morgan fingerprint density at radius 3 is 1.36 bits per heavy atom. The van der Waals surface area contributed by atoms with Gasteiger partial charge in [-0.3, -0.25) is 14.9 Å². The van der Waals surface area contributed by atoms with E-state index in [4.69, 9.17) is 118 Å². The van der Waals surface area contributed by atoms with E-state index in [-0.39, 0.29) is 36.6 Å². The van der Waals surface area contributed by atoms with Crippen molar-refractivity contribution >= 4 is 146 Å². The van der Waals surface area contributed by atoms with Gasteiger partial charge in [0.1, 0.15) is 9.52 Å². The summed E-state index contributed by atoms with van der Waals surface area (Å²) >= 11 is 51.3. The minimum atomic E-state index is -5.49. The number of aromatic carboxylic acids is 1. The summed E-state index contributed by atoms with van der Waals surface area (Å²) in [5.74, 6) is -4.00. The Bertz CT molecular complexity index is 2340. The third kappa shape index (κ3) is 29.5.